The van der Waals surface area contributed by atoms with Crippen LogP contribution in [0.1, 0.15) is 11.1 Å². The molecule has 0 spiro atoms. The molecule has 0 aliphatic carbocycles. The Morgan fingerprint density at radius 3 is 2.23 bits per heavy atom. The molecule has 1 N–H and O–H groups in total. The van der Waals surface area contributed by atoms with Crippen LogP contribution < -0.4 is 14.8 Å². The first-order chi connectivity index (χ1) is 10.1. The number of benzene rings is 2. The number of ether oxygens (including phenoxy) is 2. The van der Waals surface area contributed by atoms with E-state index in [2.05, 4.69) is 5.32 Å². The average Bonchev–Trinajstić information content (AvgIpc) is 2.48. The molecule has 120 valence electrons. The fourth-order valence-corrected chi connectivity index (χ4v) is 2.34. The van der Waals surface area contributed by atoms with Crippen LogP contribution in [0.2, 0.25) is 5.02 Å². The second kappa shape index (κ2) is 8.83. The van der Waals surface area contributed by atoms with Crippen molar-refractivity contribution in [1.29, 1.82) is 0 Å². The molecule has 0 atom stereocenters. The first-order valence-electron chi connectivity index (χ1n) is 6.49. The fraction of sp³-hybridized carbons (Fsp3) is 0.250. The van der Waals surface area contributed by atoms with E-state index in [4.69, 9.17) is 21.1 Å². The summed E-state index contributed by atoms with van der Waals surface area (Å²) in [5, 5.41) is 3.79. The third kappa shape index (κ3) is 4.77. The molecule has 0 amide bonds. The van der Waals surface area contributed by atoms with E-state index in [9.17, 15) is 4.39 Å². The van der Waals surface area contributed by atoms with Gasteiger partial charge in [0.15, 0.2) is 11.5 Å². The van der Waals surface area contributed by atoms with Gasteiger partial charge in [-0.25, -0.2) is 4.39 Å². The van der Waals surface area contributed by atoms with Gasteiger partial charge < -0.3 is 14.8 Å². The summed E-state index contributed by atoms with van der Waals surface area (Å²) in [4.78, 5) is 0. The minimum absolute atomic E-state index is 0. The van der Waals surface area contributed by atoms with Crippen molar-refractivity contribution in [1.82, 2.24) is 5.32 Å². The molecular formula is C16H18Cl2FNO2. The van der Waals surface area contributed by atoms with E-state index in [1.165, 1.54) is 12.1 Å². The largest absolute Gasteiger partial charge is 0.493 e. The second-order valence-corrected chi connectivity index (χ2v) is 4.95. The SMILES string of the molecule is COc1cc(CNCc2ccc(F)cc2)cc(Cl)c1OC.Cl. The molecule has 0 aliphatic heterocycles. The van der Waals surface area contributed by atoms with Crippen molar-refractivity contribution in [2.75, 3.05) is 14.2 Å². The molecule has 0 heterocycles. The lowest BCUT2D eigenvalue weighted by Gasteiger charge is -2.12. The Kier molecular flexibility index (Phi) is 7.45. The Morgan fingerprint density at radius 2 is 1.64 bits per heavy atom. The molecule has 0 aliphatic rings. The van der Waals surface area contributed by atoms with E-state index in [-0.39, 0.29) is 18.2 Å². The maximum atomic E-state index is 12.8. The van der Waals surface area contributed by atoms with Gasteiger partial charge in [-0.2, -0.15) is 0 Å². The van der Waals surface area contributed by atoms with Gasteiger partial charge in [-0.15, -0.1) is 12.4 Å². The molecule has 0 saturated heterocycles. The smallest absolute Gasteiger partial charge is 0.179 e. The van der Waals surface area contributed by atoms with Gasteiger partial charge in [-0.3, -0.25) is 0 Å². The van der Waals surface area contributed by atoms with E-state index in [1.54, 1.807) is 26.4 Å². The molecule has 0 aromatic heterocycles. The summed E-state index contributed by atoms with van der Waals surface area (Å²) in [6.07, 6.45) is 0. The molecule has 0 bridgehead atoms. The summed E-state index contributed by atoms with van der Waals surface area (Å²) < 4.78 is 23.3. The quantitative estimate of drug-likeness (QED) is 0.850. The van der Waals surface area contributed by atoms with Crippen LogP contribution in [0.25, 0.3) is 0 Å². The second-order valence-electron chi connectivity index (χ2n) is 4.54. The highest BCUT2D eigenvalue weighted by Crippen LogP contribution is 2.35. The molecule has 2 aromatic rings. The van der Waals surface area contributed by atoms with Crippen molar-refractivity contribution in [2.45, 2.75) is 13.1 Å². The number of rotatable bonds is 6. The summed E-state index contributed by atoms with van der Waals surface area (Å²) in [5.74, 6) is 0.899. The highest BCUT2D eigenvalue weighted by molar-refractivity contribution is 6.32. The Bertz CT molecular complexity index is 606. The first-order valence-corrected chi connectivity index (χ1v) is 6.87. The molecule has 0 saturated carbocycles. The molecule has 3 nitrogen and oxygen atoms in total. The van der Waals surface area contributed by atoms with E-state index >= 15 is 0 Å². The predicted molar refractivity (Wildman–Crippen MR) is 88.7 cm³/mol. The van der Waals surface area contributed by atoms with Gasteiger partial charge in [0.2, 0.25) is 0 Å². The number of hydrogen-bond donors (Lipinski definition) is 1. The van der Waals surface area contributed by atoms with Crippen LogP contribution in [-0.4, -0.2) is 14.2 Å². The molecule has 22 heavy (non-hydrogen) atoms. The first kappa shape index (κ1) is 18.6. The lowest BCUT2D eigenvalue weighted by molar-refractivity contribution is 0.354. The van der Waals surface area contributed by atoms with Crippen LogP contribution in [-0.2, 0) is 13.1 Å². The predicted octanol–water partition coefficient (Wildman–Crippen LogP) is 4.21. The van der Waals surface area contributed by atoms with Gasteiger partial charge in [-0.05, 0) is 35.4 Å². The highest BCUT2D eigenvalue weighted by Gasteiger charge is 2.10. The van der Waals surface area contributed by atoms with Crippen molar-refractivity contribution >= 4 is 24.0 Å². The number of halogens is 3. The normalized spacial score (nSPS) is 10.0. The van der Waals surface area contributed by atoms with Crippen LogP contribution in [0.3, 0.4) is 0 Å². The number of hydrogen-bond acceptors (Lipinski definition) is 3. The number of methoxy groups -OCH3 is 2. The van der Waals surface area contributed by atoms with Crippen LogP contribution in [0.4, 0.5) is 4.39 Å². The average molecular weight is 346 g/mol. The van der Waals surface area contributed by atoms with Crippen molar-refractivity contribution in [3.8, 4) is 11.5 Å². The van der Waals surface area contributed by atoms with E-state index < -0.39 is 0 Å². The summed E-state index contributed by atoms with van der Waals surface area (Å²) >= 11 is 6.15. The summed E-state index contributed by atoms with van der Waals surface area (Å²) in [7, 11) is 3.13. The van der Waals surface area contributed by atoms with Gasteiger partial charge in [0.05, 0.1) is 19.2 Å². The van der Waals surface area contributed by atoms with E-state index in [0.717, 1.165) is 11.1 Å². The maximum Gasteiger partial charge on any atom is 0.179 e. The Balaban J connectivity index is 0.00000242. The minimum atomic E-state index is -0.231. The zero-order valence-corrected chi connectivity index (χ0v) is 13.9. The summed E-state index contributed by atoms with van der Waals surface area (Å²) in [6.45, 7) is 1.27. The van der Waals surface area contributed by atoms with Crippen molar-refractivity contribution in [2.24, 2.45) is 0 Å². The van der Waals surface area contributed by atoms with Crippen molar-refractivity contribution < 1.29 is 13.9 Å². The van der Waals surface area contributed by atoms with Crippen LogP contribution in [0.15, 0.2) is 36.4 Å². The van der Waals surface area contributed by atoms with Gasteiger partial charge in [0, 0.05) is 13.1 Å². The Morgan fingerprint density at radius 1 is 1.00 bits per heavy atom. The number of nitrogens with one attached hydrogen (secondary N) is 1. The zero-order valence-electron chi connectivity index (χ0n) is 12.4. The minimum Gasteiger partial charge on any atom is -0.493 e. The van der Waals surface area contributed by atoms with Crippen molar-refractivity contribution in [3.05, 3.63) is 58.4 Å². The molecule has 0 radical (unpaired) electrons. The fourth-order valence-electron chi connectivity index (χ4n) is 2.03. The van der Waals surface area contributed by atoms with Gasteiger partial charge in [-0.1, -0.05) is 23.7 Å². The van der Waals surface area contributed by atoms with Crippen LogP contribution in [0.5, 0.6) is 11.5 Å². The lowest BCUT2D eigenvalue weighted by atomic mass is 10.2. The Hall–Kier alpha value is -1.49. The molecule has 6 heteroatoms. The Labute approximate surface area is 140 Å². The van der Waals surface area contributed by atoms with E-state index in [1.807, 2.05) is 12.1 Å². The summed E-state index contributed by atoms with van der Waals surface area (Å²) in [5.41, 5.74) is 2.00. The molecule has 0 unspecified atom stereocenters. The van der Waals surface area contributed by atoms with Gasteiger partial charge >= 0.3 is 0 Å². The topological polar surface area (TPSA) is 30.5 Å². The monoisotopic (exact) mass is 345 g/mol. The lowest BCUT2D eigenvalue weighted by Crippen LogP contribution is -2.12. The highest BCUT2D eigenvalue weighted by atomic mass is 35.5. The molecule has 2 rings (SSSR count). The maximum absolute atomic E-state index is 12.8. The standard InChI is InChI=1S/C16H17ClFNO2.ClH/c1-20-15-8-12(7-14(17)16(15)21-2)10-19-9-11-3-5-13(18)6-4-11;/h3-8,19H,9-10H2,1-2H3;1H. The third-order valence-electron chi connectivity index (χ3n) is 3.06. The van der Waals surface area contributed by atoms with Gasteiger partial charge in [0.25, 0.3) is 0 Å². The van der Waals surface area contributed by atoms with Gasteiger partial charge in [0.1, 0.15) is 5.82 Å². The van der Waals surface area contributed by atoms with Crippen molar-refractivity contribution in [3.63, 3.8) is 0 Å². The van der Waals surface area contributed by atoms with Crippen LogP contribution >= 0.6 is 24.0 Å². The summed E-state index contributed by atoms with van der Waals surface area (Å²) in [6, 6.07) is 10.1. The zero-order chi connectivity index (χ0) is 15.2. The third-order valence-corrected chi connectivity index (χ3v) is 3.35. The van der Waals surface area contributed by atoms with E-state index in [0.29, 0.717) is 29.6 Å². The molecule has 2 aromatic carbocycles. The molecular weight excluding hydrogens is 328 g/mol. The molecule has 0 fully saturated rings. The van der Waals surface area contributed by atoms with Crippen LogP contribution in [0, 0.1) is 5.82 Å².